The maximum Gasteiger partial charge on any atom is 0.255 e. The van der Waals surface area contributed by atoms with Crippen LogP contribution in [0, 0.1) is 20.8 Å². The zero-order chi connectivity index (χ0) is 13.6. The Morgan fingerprint density at radius 1 is 1.05 bits per heavy atom. The quantitative estimate of drug-likeness (QED) is 0.676. The summed E-state index contributed by atoms with van der Waals surface area (Å²) in [6.07, 6.45) is 0. The monoisotopic (exact) mass is 253 g/mol. The van der Waals surface area contributed by atoms with E-state index < -0.39 is 0 Å². The molecule has 1 aromatic carbocycles. The van der Waals surface area contributed by atoms with Gasteiger partial charge in [0, 0.05) is 22.6 Å². The molecule has 5 nitrogen and oxygen atoms in total. The molecule has 2 aromatic heterocycles. The van der Waals surface area contributed by atoms with Crippen LogP contribution >= 0.6 is 0 Å². The van der Waals surface area contributed by atoms with Crippen LogP contribution in [0.15, 0.2) is 24.3 Å². The molecule has 96 valence electrons. The Kier molecular flexibility index (Phi) is 2.48. The molecule has 0 radical (unpaired) electrons. The lowest BCUT2D eigenvalue weighted by molar-refractivity contribution is 1.02. The van der Waals surface area contributed by atoms with Crippen LogP contribution in [0.4, 0.5) is 5.69 Å². The fourth-order valence-electron chi connectivity index (χ4n) is 2.20. The van der Waals surface area contributed by atoms with Crippen molar-refractivity contribution >= 4 is 11.5 Å². The summed E-state index contributed by atoms with van der Waals surface area (Å²) < 4.78 is 1.94. The smallest absolute Gasteiger partial charge is 0.255 e. The molecule has 0 saturated heterocycles. The molecule has 19 heavy (non-hydrogen) atoms. The number of nitrogens with two attached hydrogens (primary N) is 1. The molecule has 3 rings (SSSR count). The predicted octanol–water partition coefficient (Wildman–Crippen LogP) is 2.30. The fraction of sp³-hybridized carbons (Fsp3) is 0.214. The topological polar surface area (TPSA) is 69.1 Å². The zero-order valence-electron chi connectivity index (χ0n) is 11.2. The van der Waals surface area contributed by atoms with Gasteiger partial charge in [-0.15, -0.1) is 10.2 Å². The highest BCUT2D eigenvalue weighted by atomic mass is 15.3. The van der Waals surface area contributed by atoms with Crippen molar-refractivity contribution in [1.29, 1.82) is 0 Å². The molecule has 2 heterocycles. The molecule has 0 amide bonds. The van der Waals surface area contributed by atoms with Gasteiger partial charge in [-0.1, -0.05) is 12.1 Å². The van der Waals surface area contributed by atoms with Gasteiger partial charge in [-0.2, -0.15) is 0 Å². The molecule has 0 fully saturated rings. The van der Waals surface area contributed by atoms with Gasteiger partial charge in [0.15, 0.2) is 5.82 Å². The molecule has 2 N–H and O–H groups in total. The second-order valence-electron chi connectivity index (χ2n) is 4.77. The number of nitrogen functional groups attached to an aromatic ring is 1. The fourth-order valence-corrected chi connectivity index (χ4v) is 2.20. The summed E-state index contributed by atoms with van der Waals surface area (Å²) in [7, 11) is 0. The summed E-state index contributed by atoms with van der Waals surface area (Å²) in [5, 5.41) is 8.36. The lowest BCUT2D eigenvalue weighted by Crippen LogP contribution is -1.99. The summed E-state index contributed by atoms with van der Waals surface area (Å²) >= 11 is 0. The number of fused-ring (bicyclic) bond motifs is 1. The van der Waals surface area contributed by atoms with Crippen LogP contribution in [-0.4, -0.2) is 19.6 Å². The third-order valence-electron chi connectivity index (χ3n) is 3.23. The van der Waals surface area contributed by atoms with Crippen molar-refractivity contribution in [3.63, 3.8) is 0 Å². The third-order valence-corrected chi connectivity index (χ3v) is 3.23. The number of hydrogen-bond acceptors (Lipinski definition) is 4. The maximum atomic E-state index is 5.96. The largest absolute Gasteiger partial charge is 0.398 e. The van der Waals surface area contributed by atoms with Crippen LogP contribution < -0.4 is 5.73 Å². The van der Waals surface area contributed by atoms with Crippen LogP contribution in [0.3, 0.4) is 0 Å². The Balaban J connectivity index is 2.28. The Morgan fingerprint density at radius 3 is 2.58 bits per heavy atom. The van der Waals surface area contributed by atoms with E-state index in [1.807, 2.05) is 49.4 Å². The molecule has 5 heteroatoms. The van der Waals surface area contributed by atoms with Gasteiger partial charge < -0.3 is 5.73 Å². The first-order chi connectivity index (χ1) is 9.06. The molecular weight excluding hydrogens is 238 g/mol. The van der Waals surface area contributed by atoms with Crippen molar-refractivity contribution in [1.82, 2.24) is 19.6 Å². The summed E-state index contributed by atoms with van der Waals surface area (Å²) in [6, 6.07) is 7.92. The first kappa shape index (κ1) is 11.6. The van der Waals surface area contributed by atoms with Crippen molar-refractivity contribution in [2.24, 2.45) is 0 Å². The molecular formula is C14H15N5. The number of hydrogen-bond donors (Lipinski definition) is 1. The molecule has 0 spiro atoms. The Hall–Kier alpha value is -2.43. The maximum absolute atomic E-state index is 5.96. The van der Waals surface area contributed by atoms with E-state index in [0.717, 1.165) is 34.0 Å². The van der Waals surface area contributed by atoms with Gasteiger partial charge in [-0.05, 0) is 38.5 Å². The minimum atomic E-state index is 0.617. The molecule has 0 atom stereocenters. The molecule has 3 aromatic rings. The van der Waals surface area contributed by atoms with E-state index in [0.29, 0.717) is 5.78 Å². The molecule has 0 aliphatic rings. The second kappa shape index (κ2) is 4.05. The second-order valence-corrected chi connectivity index (χ2v) is 4.77. The van der Waals surface area contributed by atoms with Crippen molar-refractivity contribution < 1.29 is 0 Å². The van der Waals surface area contributed by atoms with E-state index in [2.05, 4.69) is 15.2 Å². The molecule has 0 saturated carbocycles. The molecule has 0 bridgehead atoms. The summed E-state index contributed by atoms with van der Waals surface area (Å²) in [5.74, 6) is 1.39. The Bertz CT molecular complexity index is 773. The number of nitrogens with zero attached hydrogens (tertiary/aromatic N) is 4. The highest BCUT2D eigenvalue weighted by molar-refractivity contribution is 5.65. The molecule has 0 aliphatic heterocycles. The van der Waals surface area contributed by atoms with Crippen molar-refractivity contribution in [3.05, 3.63) is 41.2 Å². The van der Waals surface area contributed by atoms with Gasteiger partial charge in [0.1, 0.15) is 0 Å². The molecule has 0 aliphatic carbocycles. The van der Waals surface area contributed by atoms with Crippen LogP contribution in [0.2, 0.25) is 0 Å². The SMILES string of the molecule is Cc1cc(C)n2c(-c3ccc(C)c(N)c3)nnc2n1. The van der Waals surface area contributed by atoms with Crippen LogP contribution in [0.25, 0.3) is 17.2 Å². The highest BCUT2D eigenvalue weighted by Gasteiger charge is 2.12. The normalized spacial score (nSPS) is 11.1. The number of aryl methyl sites for hydroxylation is 3. The first-order valence-corrected chi connectivity index (χ1v) is 6.12. The Morgan fingerprint density at radius 2 is 1.84 bits per heavy atom. The van der Waals surface area contributed by atoms with E-state index >= 15 is 0 Å². The van der Waals surface area contributed by atoms with Gasteiger partial charge in [0.25, 0.3) is 5.78 Å². The van der Waals surface area contributed by atoms with Crippen molar-refractivity contribution in [2.45, 2.75) is 20.8 Å². The lowest BCUT2D eigenvalue weighted by Gasteiger charge is -2.06. The lowest BCUT2D eigenvalue weighted by atomic mass is 10.1. The van der Waals surface area contributed by atoms with Crippen LogP contribution in [0.5, 0.6) is 0 Å². The number of benzene rings is 1. The average Bonchev–Trinajstić information content (AvgIpc) is 2.76. The van der Waals surface area contributed by atoms with E-state index in [1.165, 1.54) is 0 Å². The molecule has 0 unspecified atom stereocenters. The van der Waals surface area contributed by atoms with Gasteiger partial charge in [0.05, 0.1) is 0 Å². The minimum absolute atomic E-state index is 0.617. The number of anilines is 1. The zero-order valence-corrected chi connectivity index (χ0v) is 11.2. The Labute approximate surface area is 111 Å². The predicted molar refractivity (Wildman–Crippen MR) is 74.8 cm³/mol. The van der Waals surface area contributed by atoms with E-state index in [9.17, 15) is 0 Å². The standard InChI is InChI=1S/C14H15N5/c1-8-4-5-11(7-12(8)15)13-17-18-14-16-9(2)6-10(3)19(13)14/h4-7H,15H2,1-3H3. The van der Waals surface area contributed by atoms with E-state index in [4.69, 9.17) is 5.73 Å². The van der Waals surface area contributed by atoms with Gasteiger partial charge >= 0.3 is 0 Å². The first-order valence-electron chi connectivity index (χ1n) is 6.12. The van der Waals surface area contributed by atoms with Crippen molar-refractivity contribution in [2.75, 3.05) is 5.73 Å². The minimum Gasteiger partial charge on any atom is -0.398 e. The van der Waals surface area contributed by atoms with Crippen molar-refractivity contribution in [3.8, 4) is 11.4 Å². The third kappa shape index (κ3) is 1.83. The van der Waals surface area contributed by atoms with E-state index in [1.54, 1.807) is 0 Å². The van der Waals surface area contributed by atoms with Crippen LogP contribution in [0.1, 0.15) is 17.0 Å². The average molecular weight is 253 g/mol. The van der Waals surface area contributed by atoms with Crippen LogP contribution in [-0.2, 0) is 0 Å². The summed E-state index contributed by atoms with van der Waals surface area (Å²) in [6.45, 7) is 5.95. The van der Waals surface area contributed by atoms with Gasteiger partial charge in [-0.25, -0.2) is 4.98 Å². The van der Waals surface area contributed by atoms with Gasteiger partial charge in [-0.3, -0.25) is 4.40 Å². The van der Waals surface area contributed by atoms with Gasteiger partial charge in [0.2, 0.25) is 0 Å². The number of rotatable bonds is 1. The number of aromatic nitrogens is 4. The van der Waals surface area contributed by atoms with E-state index in [-0.39, 0.29) is 0 Å². The summed E-state index contributed by atoms with van der Waals surface area (Å²) in [4.78, 5) is 4.38. The highest BCUT2D eigenvalue weighted by Crippen LogP contribution is 2.23. The summed E-state index contributed by atoms with van der Waals surface area (Å²) in [5.41, 5.74) is 10.7.